The van der Waals surface area contributed by atoms with Gasteiger partial charge in [-0.2, -0.15) is 0 Å². The first-order chi connectivity index (χ1) is 11.4. The molecule has 4 aromatic rings. The van der Waals surface area contributed by atoms with Gasteiger partial charge in [-0.15, -0.1) is 30.0 Å². The standard InChI is InChI=1S/C15H12N8/c1-3-7-12(8-4-1)14-16-20-22(18-14)11-23-19-15(17-21-23)13-9-5-2-6-10-13/h1-10H,11H2. The van der Waals surface area contributed by atoms with E-state index < -0.39 is 0 Å². The third-order valence-corrected chi connectivity index (χ3v) is 3.22. The van der Waals surface area contributed by atoms with Gasteiger partial charge in [-0.3, -0.25) is 0 Å². The lowest BCUT2D eigenvalue weighted by molar-refractivity contribution is 0.400. The quantitative estimate of drug-likeness (QED) is 0.568. The first kappa shape index (κ1) is 13.3. The number of benzene rings is 2. The second kappa shape index (κ2) is 5.76. The third kappa shape index (κ3) is 2.82. The summed E-state index contributed by atoms with van der Waals surface area (Å²) in [6, 6.07) is 19.3. The van der Waals surface area contributed by atoms with Gasteiger partial charge in [0.25, 0.3) is 0 Å². The second-order valence-electron chi connectivity index (χ2n) is 4.84. The van der Waals surface area contributed by atoms with E-state index in [1.165, 1.54) is 9.59 Å². The molecule has 0 aliphatic heterocycles. The van der Waals surface area contributed by atoms with Crippen LogP contribution in [0.15, 0.2) is 60.7 Å². The molecule has 0 bridgehead atoms. The number of tetrazole rings is 2. The molecule has 2 heterocycles. The Kier molecular flexibility index (Phi) is 3.32. The summed E-state index contributed by atoms with van der Waals surface area (Å²) < 4.78 is 0. The first-order valence-electron chi connectivity index (χ1n) is 7.05. The van der Waals surface area contributed by atoms with Crippen LogP contribution in [0.4, 0.5) is 0 Å². The fourth-order valence-electron chi connectivity index (χ4n) is 2.12. The molecule has 0 aliphatic rings. The number of rotatable bonds is 4. The molecule has 8 nitrogen and oxygen atoms in total. The van der Waals surface area contributed by atoms with Gasteiger partial charge >= 0.3 is 0 Å². The van der Waals surface area contributed by atoms with Crippen LogP contribution in [0.25, 0.3) is 22.8 Å². The smallest absolute Gasteiger partial charge is 0.140 e. The van der Waals surface area contributed by atoms with Gasteiger partial charge in [-0.1, -0.05) is 60.7 Å². The Morgan fingerprint density at radius 3 is 1.48 bits per heavy atom. The van der Waals surface area contributed by atoms with E-state index in [9.17, 15) is 0 Å². The van der Waals surface area contributed by atoms with E-state index in [-0.39, 0.29) is 6.67 Å². The highest BCUT2D eigenvalue weighted by molar-refractivity contribution is 5.53. The summed E-state index contributed by atoms with van der Waals surface area (Å²) in [6.45, 7) is 0.250. The summed E-state index contributed by atoms with van der Waals surface area (Å²) >= 11 is 0. The van der Waals surface area contributed by atoms with E-state index in [0.29, 0.717) is 11.6 Å². The van der Waals surface area contributed by atoms with Gasteiger partial charge in [0.1, 0.15) is 0 Å². The SMILES string of the molecule is c1ccc(-c2nnn(Cn3nnc(-c4ccccc4)n3)n2)cc1. The van der Waals surface area contributed by atoms with Crippen molar-refractivity contribution in [3.63, 3.8) is 0 Å². The van der Waals surface area contributed by atoms with Crippen LogP contribution >= 0.6 is 0 Å². The van der Waals surface area contributed by atoms with E-state index in [1.807, 2.05) is 60.7 Å². The molecule has 2 aromatic carbocycles. The predicted molar refractivity (Wildman–Crippen MR) is 81.9 cm³/mol. The van der Waals surface area contributed by atoms with E-state index in [4.69, 9.17) is 0 Å². The molecule has 0 saturated carbocycles. The predicted octanol–water partition coefficient (Wildman–Crippen LogP) is 1.50. The van der Waals surface area contributed by atoms with E-state index in [1.54, 1.807) is 0 Å². The molecule has 0 unspecified atom stereocenters. The fourth-order valence-corrected chi connectivity index (χ4v) is 2.12. The average Bonchev–Trinajstić information content (AvgIpc) is 3.27. The lowest BCUT2D eigenvalue weighted by Crippen LogP contribution is -2.14. The molecule has 4 rings (SSSR count). The molecular weight excluding hydrogens is 292 g/mol. The van der Waals surface area contributed by atoms with Crippen LogP contribution in [0.1, 0.15) is 0 Å². The van der Waals surface area contributed by atoms with Crippen molar-refractivity contribution in [2.75, 3.05) is 0 Å². The third-order valence-electron chi connectivity index (χ3n) is 3.22. The highest BCUT2D eigenvalue weighted by atomic mass is 15.7. The monoisotopic (exact) mass is 304 g/mol. The van der Waals surface area contributed by atoms with Crippen LogP contribution < -0.4 is 0 Å². The van der Waals surface area contributed by atoms with E-state index >= 15 is 0 Å². The molecule has 0 radical (unpaired) electrons. The van der Waals surface area contributed by atoms with Crippen LogP contribution in [0.2, 0.25) is 0 Å². The van der Waals surface area contributed by atoms with Gasteiger partial charge in [0.2, 0.25) is 11.6 Å². The van der Waals surface area contributed by atoms with Crippen molar-refractivity contribution in [2.45, 2.75) is 6.67 Å². The minimum Gasteiger partial charge on any atom is -0.140 e. The molecule has 0 aliphatic carbocycles. The first-order valence-corrected chi connectivity index (χ1v) is 7.05. The average molecular weight is 304 g/mol. The van der Waals surface area contributed by atoms with Crippen molar-refractivity contribution in [2.24, 2.45) is 0 Å². The second-order valence-corrected chi connectivity index (χ2v) is 4.84. The highest BCUT2D eigenvalue weighted by Crippen LogP contribution is 2.13. The lowest BCUT2D eigenvalue weighted by Gasteiger charge is -1.96. The summed E-state index contributed by atoms with van der Waals surface area (Å²) in [5, 5.41) is 24.8. The Bertz CT molecular complexity index is 822. The van der Waals surface area contributed by atoms with Crippen molar-refractivity contribution in [1.82, 2.24) is 40.4 Å². The van der Waals surface area contributed by atoms with Crippen LogP contribution in [-0.4, -0.2) is 40.4 Å². The van der Waals surface area contributed by atoms with Crippen molar-refractivity contribution >= 4 is 0 Å². The zero-order valence-electron chi connectivity index (χ0n) is 12.1. The molecule has 2 aromatic heterocycles. The topological polar surface area (TPSA) is 87.2 Å². The Labute approximate surface area is 131 Å². The molecule has 0 N–H and O–H groups in total. The largest absolute Gasteiger partial charge is 0.204 e. The number of hydrogen-bond acceptors (Lipinski definition) is 6. The van der Waals surface area contributed by atoms with Crippen LogP contribution in [0, 0.1) is 0 Å². The number of aromatic nitrogens is 8. The highest BCUT2D eigenvalue weighted by Gasteiger charge is 2.08. The number of nitrogens with zero attached hydrogens (tertiary/aromatic N) is 8. The summed E-state index contributed by atoms with van der Waals surface area (Å²) in [4.78, 5) is 2.86. The molecule has 0 saturated heterocycles. The molecule has 0 fully saturated rings. The van der Waals surface area contributed by atoms with Crippen LogP contribution in [0.5, 0.6) is 0 Å². The van der Waals surface area contributed by atoms with Crippen molar-refractivity contribution in [3.05, 3.63) is 60.7 Å². The summed E-state index contributed by atoms with van der Waals surface area (Å²) in [5.74, 6) is 1.13. The molecule has 0 amide bonds. The lowest BCUT2D eigenvalue weighted by atomic mass is 10.2. The van der Waals surface area contributed by atoms with Crippen molar-refractivity contribution in [3.8, 4) is 22.8 Å². The zero-order valence-corrected chi connectivity index (χ0v) is 12.1. The van der Waals surface area contributed by atoms with Gasteiger partial charge in [0.15, 0.2) is 6.67 Å². The molecule has 0 spiro atoms. The molecule has 112 valence electrons. The number of hydrogen-bond donors (Lipinski definition) is 0. The van der Waals surface area contributed by atoms with Crippen molar-refractivity contribution in [1.29, 1.82) is 0 Å². The molecule has 8 heteroatoms. The van der Waals surface area contributed by atoms with E-state index in [2.05, 4.69) is 30.8 Å². The summed E-state index contributed by atoms with van der Waals surface area (Å²) in [7, 11) is 0. The zero-order chi connectivity index (χ0) is 15.5. The minimum atomic E-state index is 0.250. The molecule has 0 atom stereocenters. The van der Waals surface area contributed by atoms with Crippen molar-refractivity contribution < 1.29 is 0 Å². The summed E-state index contributed by atoms with van der Waals surface area (Å²) in [5.41, 5.74) is 1.82. The summed E-state index contributed by atoms with van der Waals surface area (Å²) in [6.07, 6.45) is 0. The maximum Gasteiger partial charge on any atom is 0.204 e. The Balaban J connectivity index is 1.53. The van der Waals surface area contributed by atoms with E-state index in [0.717, 1.165) is 11.1 Å². The maximum atomic E-state index is 4.32. The Morgan fingerprint density at radius 2 is 1.04 bits per heavy atom. The van der Waals surface area contributed by atoms with Crippen LogP contribution in [-0.2, 0) is 6.67 Å². The van der Waals surface area contributed by atoms with Gasteiger partial charge in [-0.05, 0) is 10.4 Å². The normalized spacial score (nSPS) is 10.8. The van der Waals surface area contributed by atoms with Gasteiger partial charge in [0, 0.05) is 11.1 Å². The maximum absolute atomic E-state index is 4.32. The van der Waals surface area contributed by atoms with Gasteiger partial charge in [-0.25, -0.2) is 0 Å². The Morgan fingerprint density at radius 1 is 0.609 bits per heavy atom. The van der Waals surface area contributed by atoms with Gasteiger partial charge in [0.05, 0.1) is 0 Å². The van der Waals surface area contributed by atoms with Crippen LogP contribution in [0.3, 0.4) is 0 Å². The molecule has 23 heavy (non-hydrogen) atoms. The minimum absolute atomic E-state index is 0.250. The Hall–Kier alpha value is -3.42. The van der Waals surface area contributed by atoms with Gasteiger partial charge < -0.3 is 0 Å². The molecular formula is C15H12N8. The fraction of sp³-hybridized carbons (Fsp3) is 0.0667.